The van der Waals surface area contributed by atoms with Crippen molar-refractivity contribution >= 4 is 21.8 Å². The van der Waals surface area contributed by atoms with Crippen LogP contribution in [0.1, 0.15) is 18.4 Å². The normalized spacial score (nSPS) is 16.0. The molecule has 0 aromatic heterocycles. The first kappa shape index (κ1) is 16.5. The first-order chi connectivity index (χ1) is 10.0. The highest BCUT2D eigenvalue weighted by Gasteiger charge is 2.33. The average Bonchev–Trinajstić information content (AvgIpc) is 3.26. The number of carbonyl (C=O) groups excluding carboxylic acids is 1. The number of likely N-dealkylation sites (N-methyl/N-ethyl adjacent to an activating group) is 2. The minimum absolute atomic E-state index is 0.132. The third-order valence-electron chi connectivity index (χ3n) is 4.15. The van der Waals surface area contributed by atoms with Crippen LogP contribution in [-0.4, -0.2) is 48.9 Å². The number of carbonyl (C=O) groups is 1. The molecule has 2 rings (SSSR count). The first-order valence-electron chi connectivity index (χ1n) is 7.40. The summed E-state index contributed by atoms with van der Waals surface area (Å²) in [6.45, 7) is 1.67. The van der Waals surface area contributed by atoms with E-state index < -0.39 is 0 Å². The van der Waals surface area contributed by atoms with Crippen LogP contribution in [0.3, 0.4) is 0 Å². The van der Waals surface area contributed by atoms with Crippen LogP contribution in [0.15, 0.2) is 28.7 Å². The Bertz CT molecular complexity index is 490. The number of rotatable bonds is 7. The Kier molecular flexibility index (Phi) is 5.79. The molecule has 1 saturated carbocycles. The van der Waals surface area contributed by atoms with Gasteiger partial charge in [0.25, 0.3) is 0 Å². The van der Waals surface area contributed by atoms with Crippen LogP contribution in [0.4, 0.5) is 0 Å². The van der Waals surface area contributed by atoms with Crippen molar-refractivity contribution in [2.24, 2.45) is 11.7 Å². The molecule has 1 amide bonds. The first-order valence-corrected chi connectivity index (χ1v) is 8.20. The molecule has 1 aromatic rings. The van der Waals surface area contributed by atoms with Crippen molar-refractivity contribution in [3.63, 3.8) is 0 Å². The lowest BCUT2D eigenvalue weighted by Gasteiger charge is -2.28. The molecule has 1 aliphatic rings. The monoisotopic (exact) mass is 353 g/mol. The maximum atomic E-state index is 12.4. The molecule has 1 fully saturated rings. The summed E-state index contributed by atoms with van der Waals surface area (Å²) >= 11 is 3.52. The minimum atomic E-state index is 0.132. The summed E-state index contributed by atoms with van der Waals surface area (Å²) in [6, 6.07) is 8.33. The van der Waals surface area contributed by atoms with Crippen molar-refractivity contribution in [2.45, 2.75) is 25.4 Å². The van der Waals surface area contributed by atoms with Gasteiger partial charge >= 0.3 is 0 Å². The second-order valence-electron chi connectivity index (χ2n) is 5.90. The highest BCUT2D eigenvalue weighted by atomic mass is 79.9. The predicted octanol–water partition coefficient (Wildman–Crippen LogP) is 2.08. The second kappa shape index (κ2) is 7.38. The lowest BCUT2D eigenvalue weighted by atomic mass is 10.1. The Labute approximate surface area is 135 Å². The fraction of sp³-hybridized carbons (Fsp3) is 0.562. The van der Waals surface area contributed by atoms with Crippen LogP contribution in [0.5, 0.6) is 0 Å². The Morgan fingerprint density at radius 2 is 2.05 bits per heavy atom. The summed E-state index contributed by atoms with van der Waals surface area (Å²) in [7, 11) is 3.85. The lowest BCUT2D eigenvalue weighted by Crippen LogP contribution is -2.45. The molecule has 1 aromatic carbocycles. The molecular weight excluding hydrogens is 330 g/mol. The van der Waals surface area contributed by atoms with Crippen molar-refractivity contribution in [1.29, 1.82) is 0 Å². The molecule has 5 heteroatoms. The number of amides is 1. The van der Waals surface area contributed by atoms with Gasteiger partial charge in [-0.15, -0.1) is 0 Å². The summed E-state index contributed by atoms with van der Waals surface area (Å²) in [5.74, 6) is 0.814. The fourth-order valence-electron chi connectivity index (χ4n) is 2.63. The molecule has 0 radical (unpaired) electrons. The lowest BCUT2D eigenvalue weighted by molar-refractivity contribution is -0.131. The van der Waals surface area contributed by atoms with Gasteiger partial charge in [0.1, 0.15) is 0 Å². The maximum Gasteiger partial charge on any atom is 0.236 e. The zero-order valence-electron chi connectivity index (χ0n) is 12.8. The molecule has 1 atom stereocenters. The summed E-state index contributed by atoms with van der Waals surface area (Å²) in [5.41, 5.74) is 6.96. The molecular formula is C16H24BrN3O. The summed E-state index contributed by atoms with van der Waals surface area (Å²) in [4.78, 5) is 16.2. The van der Waals surface area contributed by atoms with Crippen LogP contribution < -0.4 is 5.73 Å². The van der Waals surface area contributed by atoms with Gasteiger partial charge in [0.2, 0.25) is 5.91 Å². The van der Waals surface area contributed by atoms with E-state index in [1.165, 1.54) is 12.8 Å². The number of nitrogens with zero attached hydrogens (tertiary/aromatic N) is 2. The van der Waals surface area contributed by atoms with E-state index in [-0.39, 0.29) is 5.91 Å². The topological polar surface area (TPSA) is 49.6 Å². The highest BCUT2D eigenvalue weighted by molar-refractivity contribution is 9.10. The largest absolute Gasteiger partial charge is 0.340 e. The molecule has 1 aliphatic carbocycles. The summed E-state index contributed by atoms with van der Waals surface area (Å²) in [5, 5.41) is 0. The van der Waals surface area contributed by atoms with Gasteiger partial charge in [-0.2, -0.15) is 0 Å². The van der Waals surface area contributed by atoms with E-state index in [1.54, 1.807) is 4.90 Å². The fourth-order valence-corrected chi connectivity index (χ4v) is 3.05. The Morgan fingerprint density at radius 3 is 2.62 bits per heavy atom. The quantitative estimate of drug-likeness (QED) is 0.816. The van der Waals surface area contributed by atoms with Crippen LogP contribution in [0.2, 0.25) is 0 Å². The van der Waals surface area contributed by atoms with Crippen LogP contribution in [-0.2, 0) is 11.3 Å². The molecule has 0 spiro atoms. The van der Waals surface area contributed by atoms with Gasteiger partial charge in [-0.1, -0.05) is 34.1 Å². The molecule has 21 heavy (non-hydrogen) atoms. The van der Waals surface area contributed by atoms with E-state index in [1.807, 2.05) is 38.4 Å². The molecule has 1 unspecified atom stereocenters. The third kappa shape index (κ3) is 4.53. The summed E-state index contributed by atoms with van der Waals surface area (Å²) < 4.78 is 1.04. The van der Waals surface area contributed by atoms with Crippen molar-refractivity contribution in [1.82, 2.24) is 9.80 Å². The molecule has 116 valence electrons. The number of benzene rings is 1. The van der Waals surface area contributed by atoms with E-state index >= 15 is 0 Å². The number of hydrogen-bond acceptors (Lipinski definition) is 3. The molecule has 4 nitrogen and oxygen atoms in total. The Balaban J connectivity index is 1.88. The Hall–Kier alpha value is -0.910. The van der Waals surface area contributed by atoms with Gasteiger partial charge in [-0.05, 0) is 37.4 Å². The van der Waals surface area contributed by atoms with Crippen molar-refractivity contribution < 1.29 is 4.79 Å². The van der Waals surface area contributed by atoms with Gasteiger partial charge < -0.3 is 10.6 Å². The van der Waals surface area contributed by atoms with Crippen molar-refractivity contribution in [3.05, 3.63) is 34.3 Å². The third-order valence-corrected chi connectivity index (χ3v) is 4.92. The number of halogens is 1. The van der Waals surface area contributed by atoms with Gasteiger partial charge in [-0.25, -0.2) is 0 Å². The zero-order valence-corrected chi connectivity index (χ0v) is 14.3. The van der Waals surface area contributed by atoms with E-state index in [0.717, 1.165) is 10.0 Å². The SMILES string of the molecule is CN(Cc1ccccc1Br)C(=O)CN(C)C(CN)C1CC1. The van der Waals surface area contributed by atoms with E-state index in [2.05, 4.69) is 20.8 Å². The molecule has 0 aliphatic heterocycles. The maximum absolute atomic E-state index is 12.4. The molecule has 2 N–H and O–H groups in total. The van der Waals surface area contributed by atoms with Gasteiger partial charge in [0.15, 0.2) is 0 Å². The second-order valence-corrected chi connectivity index (χ2v) is 6.75. The molecule has 0 bridgehead atoms. The van der Waals surface area contributed by atoms with Crippen LogP contribution in [0, 0.1) is 5.92 Å². The van der Waals surface area contributed by atoms with Crippen molar-refractivity contribution in [3.8, 4) is 0 Å². The van der Waals surface area contributed by atoms with Gasteiger partial charge in [0.05, 0.1) is 6.54 Å². The van der Waals surface area contributed by atoms with Gasteiger partial charge in [-0.3, -0.25) is 9.69 Å². The van der Waals surface area contributed by atoms with E-state index in [9.17, 15) is 4.79 Å². The van der Waals surface area contributed by atoms with Gasteiger partial charge in [0, 0.05) is 30.7 Å². The average molecular weight is 354 g/mol. The zero-order chi connectivity index (χ0) is 15.4. The molecule has 0 saturated heterocycles. The van der Waals surface area contributed by atoms with E-state index in [4.69, 9.17) is 5.73 Å². The number of hydrogen-bond donors (Lipinski definition) is 1. The number of nitrogens with two attached hydrogens (primary N) is 1. The predicted molar refractivity (Wildman–Crippen MR) is 88.8 cm³/mol. The minimum Gasteiger partial charge on any atom is -0.340 e. The highest BCUT2D eigenvalue weighted by Crippen LogP contribution is 2.34. The van der Waals surface area contributed by atoms with Crippen LogP contribution in [0.25, 0.3) is 0 Å². The molecule has 0 heterocycles. The smallest absolute Gasteiger partial charge is 0.236 e. The van der Waals surface area contributed by atoms with Crippen LogP contribution >= 0.6 is 15.9 Å². The standard InChI is InChI=1S/C16H24BrN3O/c1-19(15(9-18)12-7-8-12)11-16(21)20(2)10-13-5-3-4-6-14(13)17/h3-6,12,15H,7-11,18H2,1-2H3. The Morgan fingerprint density at radius 1 is 1.38 bits per heavy atom. The van der Waals surface area contributed by atoms with Crippen molar-refractivity contribution in [2.75, 3.05) is 27.2 Å². The van der Waals surface area contributed by atoms with E-state index in [0.29, 0.717) is 31.6 Å². The summed E-state index contributed by atoms with van der Waals surface area (Å²) in [6.07, 6.45) is 2.49.